The first-order valence-electron chi connectivity index (χ1n) is 6.85. The summed E-state index contributed by atoms with van der Waals surface area (Å²) in [6.45, 7) is 2.68. The standard InChI is InChI=1S/C15H21NO3/c1-11-5-6-13(14(18)10-11)15(19)16-8-3-2-4-12(16)7-9-17/h5-6,10,12,17-18H,2-4,7-9H2,1H3. The highest BCUT2D eigenvalue weighted by atomic mass is 16.3. The Balaban J connectivity index is 2.21. The molecule has 4 heteroatoms. The number of hydrogen-bond donors (Lipinski definition) is 2. The summed E-state index contributed by atoms with van der Waals surface area (Å²) in [6, 6.07) is 5.21. The van der Waals surface area contributed by atoms with Gasteiger partial charge < -0.3 is 15.1 Å². The molecule has 1 aromatic rings. The minimum Gasteiger partial charge on any atom is -0.507 e. The molecule has 4 nitrogen and oxygen atoms in total. The van der Waals surface area contributed by atoms with Crippen LogP contribution in [-0.2, 0) is 0 Å². The molecule has 1 heterocycles. The largest absolute Gasteiger partial charge is 0.507 e. The highest BCUT2D eigenvalue weighted by Crippen LogP contribution is 2.26. The van der Waals surface area contributed by atoms with E-state index >= 15 is 0 Å². The average molecular weight is 263 g/mol. The number of phenolic OH excluding ortho intramolecular Hbond substituents is 1. The number of nitrogens with zero attached hydrogens (tertiary/aromatic N) is 1. The zero-order chi connectivity index (χ0) is 13.8. The molecule has 1 unspecified atom stereocenters. The fourth-order valence-corrected chi connectivity index (χ4v) is 2.69. The van der Waals surface area contributed by atoms with Gasteiger partial charge in [-0.25, -0.2) is 0 Å². The fraction of sp³-hybridized carbons (Fsp3) is 0.533. The zero-order valence-electron chi connectivity index (χ0n) is 11.3. The Kier molecular flexibility index (Phi) is 4.43. The van der Waals surface area contributed by atoms with Crippen LogP contribution < -0.4 is 0 Å². The Morgan fingerprint density at radius 3 is 2.89 bits per heavy atom. The number of carbonyl (C=O) groups excluding carboxylic acids is 1. The van der Waals surface area contributed by atoms with Gasteiger partial charge in [0.1, 0.15) is 5.75 Å². The molecule has 19 heavy (non-hydrogen) atoms. The number of piperidine rings is 1. The van der Waals surface area contributed by atoms with Crippen LogP contribution in [0, 0.1) is 6.92 Å². The van der Waals surface area contributed by atoms with Gasteiger partial charge in [-0.3, -0.25) is 4.79 Å². The molecule has 1 saturated heterocycles. The number of phenols is 1. The van der Waals surface area contributed by atoms with Crippen molar-refractivity contribution in [3.8, 4) is 5.75 Å². The van der Waals surface area contributed by atoms with E-state index in [4.69, 9.17) is 5.11 Å². The van der Waals surface area contributed by atoms with Crippen molar-refractivity contribution in [2.24, 2.45) is 0 Å². The van der Waals surface area contributed by atoms with Gasteiger partial charge in [0.05, 0.1) is 5.56 Å². The summed E-state index contributed by atoms with van der Waals surface area (Å²) in [5.74, 6) is -0.0889. The lowest BCUT2D eigenvalue weighted by Gasteiger charge is -2.35. The quantitative estimate of drug-likeness (QED) is 0.877. The highest BCUT2D eigenvalue weighted by Gasteiger charge is 2.28. The Hall–Kier alpha value is -1.55. The van der Waals surface area contributed by atoms with E-state index in [1.807, 2.05) is 13.0 Å². The van der Waals surface area contributed by atoms with Crippen LogP contribution in [0.2, 0.25) is 0 Å². The van der Waals surface area contributed by atoms with Gasteiger partial charge in [0.2, 0.25) is 0 Å². The maximum Gasteiger partial charge on any atom is 0.257 e. The van der Waals surface area contributed by atoms with Crippen molar-refractivity contribution in [1.29, 1.82) is 0 Å². The van der Waals surface area contributed by atoms with Gasteiger partial charge in [-0.2, -0.15) is 0 Å². The number of hydrogen-bond acceptors (Lipinski definition) is 3. The van der Waals surface area contributed by atoms with Crippen molar-refractivity contribution in [3.05, 3.63) is 29.3 Å². The first-order chi connectivity index (χ1) is 9.13. The van der Waals surface area contributed by atoms with Crippen molar-refractivity contribution in [3.63, 3.8) is 0 Å². The molecule has 0 aliphatic carbocycles. The molecule has 0 aromatic heterocycles. The number of aliphatic hydroxyl groups is 1. The molecule has 2 N–H and O–H groups in total. The van der Waals surface area contributed by atoms with Crippen molar-refractivity contribution in [1.82, 2.24) is 4.90 Å². The van der Waals surface area contributed by atoms with Crippen LogP contribution in [0.3, 0.4) is 0 Å². The molecule has 0 bridgehead atoms. The summed E-state index contributed by atoms with van der Waals surface area (Å²) in [6.07, 6.45) is 3.62. The van der Waals surface area contributed by atoms with Crippen LogP contribution in [0.1, 0.15) is 41.6 Å². The van der Waals surface area contributed by atoms with Crippen LogP contribution >= 0.6 is 0 Å². The van der Waals surface area contributed by atoms with E-state index in [-0.39, 0.29) is 24.3 Å². The van der Waals surface area contributed by atoms with E-state index in [1.54, 1.807) is 17.0 Å². The van der Waals surface area contributed by atoms with E-state index in [1.165, 1.54) is 0 Å². The smallest absolute Gasteiger partial charge is 0.257 e. The maximum atomic E-state index is 12.5. The number of carbonyl (C=O) groups is 1. The molecule has 1 fully saturated rings. The molecule has 2 rings (SSSR count). The summed E-state index contributed by atoms with van der Waals surface area (Å²) in [4.78, 5) is 14.3. The SMILES string of the molecule is Cc1ccc(C(=O)N2CCCCC2CCO)c(O)c1. The predicted molar refractivity (Wildman–Crippen MR) is 73.2 cm³/mol. The number of rotatable bonds is 3. The predicted octanol–water partition coefficient (Wildman–Crippen LogP) is 2.08. The van der Waals surface area contributed by atoms with Crippen molar-refractivity contribution >= 4 is 5.91 Å². The number of amides is 1. The first kappa shape index (κ1) is 13.9. The third kappa shape index (κ3) is 3.07. The number of aromatic hydroxyl groups is 1. The van der Waals surface area contributed by atoms with Gasteiger partial charge in [0.25, 0.3) is 5.91 Å². The van der Waals surface area contributed by atoms with Crippen LogP contribution in [0.25, 0.3) is 0 Å². The Labute approximate surface area is 113 Å². The van der Waals surface area contributed by atoms with E-state index in [2.05, 4.69) is 0 Å². The Bertz CT molecular complexity index is 457. The average Bonchev–Trinajstić information content (AvgIpc) is 2.39. The first-order valence-corrected chi connectivity index (χ1v) is 6.85. The molecule has 0 radical (unpaired) electrons. The molecule has 1 atom stereocenters. The molecule has 104 valence electrons. The molecular formula is C15H21NO3. The van der Waals surface area contributed by atoms with Gasteiger partial charge in [0, 0.05) is 19.2 Å². The fourth-order valence-electron chi connectivity index (χ4n) is 2.69. The van der Waals surface area contributed by atoms with E-state index in [9.17, 15) is 9.90 Å². The van der Waals surface area contributed by atoms with Crippen LogP contribution in [-0.4, -0.2) is 40.2 Å². The van der Waals surface area contributed by atoms with E-state index in [0.29, 0.717) is 18.5 Å². The van der Waals surface area contributed by atoms with Crippen LogP contribution in [0.5, 0.6) is 5.75 Å². The second kappa shape index (κ2) is 6.06. The second-order valence-electron chi connectivity index (χ2n) is 5.18. The molecule has 1 amide bonds. The normalized spacial score (nSPS) is 19.5. The Morgan fingerprint density at radius 1 is 1.42 bits per heavy atom. The molecule has 0 saturated carbocycles. The van der Waals surface area contributed by atoms with Crippen molar-refractivity contribution in [2.45, 2.75) is 38.6 Å². The topological polar surface area (TPSA) is 60.8 Å². The lowest BCUT2D eigenvalue weighted by molar-refractivity contribution is 0.0572. The maximum absolute atomic E-state index is 12.5. The third-order valence-electron chi connectivity index (χ3n) is 3.73. The summed E-state index contributed by atoms with van der Waals surface area (Å²) < 4.78 is 0. The molecule has 1 aromatic carbocycles. The molecule has 0 spiro atoms. The third-order valence-corrected chi connectivity index (χ3v) is 3.73. The van der Waals surface area contributed by atoms with Gasteiger partial charge in [-0.05, 0) is 50.3 Å². The van der Waals surface area contributed by atoms with Gasteiger partial charge in [-0.1, -0.05) is 6.07 Å². The van der Waals surface area contributed by atoms with Gasteiger partial charge >= 0.3 is 0 Å². The summed E-state index contributed by atoms with van der Waals surface area (Å²) in [7, 11) is 0. The lowest BCUT2D eigenvalue weighted by atomic mass is 9.98. The van der Waals surface area contributed by atoms with Crippen LogP contribution in [0.15, 0.2) is 18.2 Å². The monoisotopic (exact) mass is 263 g/mol. The number of aliphatic hydroxyl groups excluding tert-OH is 1. The highest BCUT2D eigenvalue weighted by molar-refractivity contribution is 5.97. The number of benzene rings is 1. The number of likely N-dealkylation sites (tertiary alicyclic amines) is 1. The second-order valence-corrected chi connectivity index (χ2v) is 5.18. The lowest BCUT2D eigenvalue weighted by Crippen LogP contribution is -2.44. The molecular weight excluding hydrogens is 242 g/mol. The van der Waals surface area contributed by atoms with Gasteiger partial charge in [0.15, 0.2) is 0 Å². The van der Waals surface area contributed by atoms with E-state index in [0.717, 1.165) is 24.8 Å². The van der Waals surface area contributed by atoms with E-state index < -0.39 is 0 Å². The molecule has 1 aliphatic heterocycles. The summed E-state index contributed by atoms with van der Waals surface area (Å²) in [5.41, 5.74) is 1.29. The van der Waals surface area contributed by atoms with Crippen molar-refractivity contribution < 1.29 is 15.0 Å². The minimum atomic E-state index is -0.129. The zero-order valence-corrected chi connectivity index (χ0v) is 11.3. The van der Waals surface area contributed by atoms with Crippen molar-refractivity contribution in [2.75, 3.05) is 13.2 Å². The van der Waals surface area contributed by atoms with Crippen LogP contribution in [0.4, 0.5) is 0 Å². The summed E-state index contributed by atoms with van der Waals surface area (Å²) >= 11 is 0. The van der Waals surface area contributed by atoms with Gasteiger partial charge in [-0.15, -0.1) is 0 Å². The number of aryl methyl sites for hydroxylation is 1. The Morgan fingerprint density at radius 2 is 2.21 bits per heavy atom. The summed E-state index contributed by atoms with van der Waals surface area (Å²) in [5, 5.41) is 19.0. The minimum absolute atomic E-state index is 0.0401. The molecule has 1 aliphatic rings.